The molecule has 190 valence electrons. The van der Waals surface area contributed by atoms with E-state index in [1.54, 1.807) is 12.3 Å². The lowest BCUT2D eigenvalue weighted by atomic mass is 10.1. The smallest absolute Gasteiger partial charge is 0.340 e. The van der Waals surface area contributed by atoms with E-state index in [0.29, 0.717) is 11.6 Å². The number of aliphatic hydroxyl groups is 2. The first-order valence-electron chi connectivity index (χ1n) is 10.7. The minimum atomic E-state index is -4.81. The van der Waals surface area contributed by atoms with E-state index in [1.807, 2.05) is 7.05 Å². The molecule has 5 N–H and O–H groups in total. The van der Waals surface area contributed by atoms with Crippen molar-refractivity contribution >= 4 is 38.0 Å². The van der Waals surface area contributed by atoms with Crippen LogP contribution in [0.15, 0.2) is 12.3 Å². The number of hydrogen-bond donors (Lipinski definition) is 5. The van der Waals surface area contributed by atoms with Crippen LogP contribution in [0.25, 0.3) is 5.52 Å². The van der Waals surface area contributed by atoms with Crippen molar-refractivity contribution < 1.29 is 43.3 Å². The molecule has 13 nitrogen and oxygen atoms in total. The van der Waals surface area contributed by atoms with Gasteiger partial charge >= 0.3 is 15.2 Å². The molecule has 1 aliphatic heterocycles. The number of nitrogens with zero attached hydrogens (tertiary/aromatic N) is 4. The number of imidazole rings is 1. The lowest BCUT2D eigenvalue weighted by Gasteiger charge is -2.27. The molecule has 1 aliphatic carbocycles. The van der Waals surface area contributed by atoms with E-state index in [9.17, 15) is 24.2 Å². The topological polar surface area (TPSA) is 187 Å². The van der Waals surface area contributed by atoms with E-state index >= 15 is 0 Å². The maximum Gasteiger partial charge on any atom is 0.340 e. The number of aliphatic hydroxyl groups excluding tert-OH is 2. The molecule has 2 aromatic heterocycles. The normalized spacial score (nSPS) is 28.0. The molecule has 1 saturated carbocycles. The zero-order chi connectivity index (χ0) is 24.8. The molecule has 34 heavy (non-hydrogen) atoms. The quantitative estimate of drug-likeness (QED) is 0.302. The number of fused-ring (bicyclic) bond motifs is 1. The van der Waals surface area contributed by atoms with Gasteiger partial charge in [0.25, 0.3) is 0 Å². The SMILES string of the molecule is CN(c1cc(Cl)nn2c([C@@H]3O[C@H](COP(=O)(O)CP(=O)(O)O)[C@@H](O)[C@H]3O)ncc12)C1CCCC1. The fourth-order valence-electron chi connectivity index (χ4n) is 4.48. The van der Waals surface area contributed by atoms with E-state index < -0.39 is 52.1 Å². The Morgan fingerprint density at radius 3 is 2.56 bits per heavy atom. The van der Waals surface area contributed by atoms with Crippen molar-refractivity contribution in [3.05, 3.63) is 23.2 Å². The molecule has 0 aromatic carbocycles. The van der Waals surface area contributed by atoms with Crippen molar-refractivity contribution in [3.63, 3.8) is 0 Å². The number of halogens is 1. The zero-order valence-corrected chi connectivity index (χ0v) is 20.8. The Hall–Kier alpha value is -1.11. The molecule has 2 fully saturated rings. The second-order valence-corrected chi connectivity index (χ2v) is 13.0. The molecular weight excluding hydrogens is 514 g/mol. The molecule has 3 heterocycles. The molecule has 5 atom stereocenters. The molecule has 16 heteroatoms. The van der Waals surface area contributed by atoms with Gasteiger partial charge in [-0.3, -0.25) is 9.13 Å². The monoisotopic (exact) mass is 540 g/mol. The Kier molecular flexibility index (Phi) is 7.44. The summed E-state index contributed by atoms with van der Waals surface area (Å²) in [5.74, 6) is -1.21. The summed E-state index contributed by atoms with van der Waals surface area (Å²) in [6, 6.07) is 2.08. The molecule has 2 aromatic rings. The molecule has 0 spiro atoms. The van der Waals surface area contributed by atoms with Crippen LogP contribution in [0.4, 0.5) is 5.69 Å². The van der Waals surface area contributed by atoms with Crippen LogP contribution in [-0.2, 0) is 18.4 Å². The van der Waals surface area contributed by atoms with Crippen LogP contribution in [0.2, 0.25) is 5.15 Å². The number of ether oxygens (including phenoxy) is 1. The highest BCUT2D eigenvalue weighted by Crippen LogP contribution is 2.55. The van der Waals surface area contributed by atoms with Crippen molar-refractivity contribution in [1.82, 2.24) is 14.6 Å². The van der Waals surface area contributed by atoms with Gasteiger partial charge in [-0.05, 0) is 12.8 Å². The zero-order valence-electron chi connectivity index (χ0n) is 18.2. The minimum Gasteiger partial charge on any atom is -0.387 e. The van der Waals surface area contributed by atoms with Crippen molar-refractivity contribution in [3.8, 4) is 0 Å². The Bertz CT molecular complexity index is 1140. The second-order valence-electron chi connectivity index (χ2n) is 8.63. The third-order valence-electron chi connectivity index (χ3n) is 6.15. The summed E-state index contributed by atoms with van der Waals surface area (Å²) >= 11 is 6.27. The molecular formula is C18H27ClN4O9P2. The first-order valence-corrected chi connectivity index (χ1v) is 14.6. The van der Waals surface area contributed by atoms with E-state index in [2.05, 4.69) is 15.0 Å². The Morgan fingerprint density at radius 1 is 1.24 bits per heavy atom. The summed E-state index contributed by atoms with van der Waals surface area (Å²) in [4.78, 5) is 33.9. The largest absolute Gasteiger partial charge is 0.387 e. The van der Waals surface area contributed by atoms with E-state index in [4.69, 9.17) is 30.6 Å². The maximum atomic E-state index is 11.9. The highest BCUT2D eigenvalue weighted by molar-refractivity contribution is 7.70. The number of anilines is 1. The highest BCUT2D eigenvalue weighted by Gasteiger charge is 2.46. The van der Waals surface area contributed by atoms with Crippen LogP contribution in [0.3, 0.4) is 0 Å². The number of aromatic nitrogens is 3. The van der Waals surface area contributed by atoms with Crippen molar-refractivity contribution in [2.24, 2.45) is 0 Å². The summed E-state index contributed by atoms with van der Waals surface area (Å²) in [5.41, 5.74) is 1.43. The van der Waals surface area contributed by atoms with Crippen molar-refractivity contribution in [2.45, 2.75) is 56.1 Å². The van der Waals surface area contributed by atoms with Gasteiger partial charge in [-0.2, -0.15) is 5.10 Å². The number of rotatable bonds is 8. The predicted octanol–water partition coefficient (Wildman–Crippen LogP) is 1.26. The van der Waals surface area contributed by atoms with E-state index in [0.717, 1.165) is 31.4 Å². The number of hydrogen-bond acceptors (Lipinski definition) is 9. The Labute approximate surface area is 200 Å². The lowest BCUT2D eigenvalue weighted by Crippen LogP contribution is -2.33. The van der Waals surface area contributed by atoms with Gasteiger partial charge in [0.15, 0.2) is 16.9 Å². The van der Waals surface area contributed by atoms with Crippen LogP contribution in [-0.4, -0.2) is 83.4 Å². The third kappa shape index (κ3) is 5.49. The highest BCUT2D eigenvalue weighted by atomic mass is 35.5. The van der Waals surface area contributed by atoms with Gasteiger partial charge in [-0.15, -0.1) is 0 Å². The third-order valence-corrected chi connectivity index (χ3v) is 9.79. The van der Waals surface area contributed by atoms with Crippen molar-refractivity contribution in [1.29, 1.82) is 0 Å². The average Bonchev–Trinajstić information content (AvgIpc) is 3.45. The molecule has 1 saturated heterocycles. The molecule has 0 radical (unpaired) electrons. The molecule has 1 unspecified atom stereocenters. The van der Waals surface area contributed by atoms with Crippen LogP contribution < -0.4 is 4.90 Å². The van der Waals surface area contributed by atoms with Gasteiger partial charge in [-0.1, -0.05) is 24.4 Å². The summed E-state index contributed by atoms with van der Waals surface area (Å²) in [5, 5.41) is 25.5. The fraction of sp³-hybridized carbons (Fsp3) is 0.667. The molecule has 0 amide bonds. The van der Waals surface area contributed by atoms with Gasteiger partial charge in [0.2, 0.25) is 0 Å². The Balaban J connectivity index is 1.56. The second kappa shape index (κ2) is 9.74. The van der Waals surface area contributed by atoms with Gasteiger partial charge in [-0.25, -0.2) is 9.50 Å². The molecule has 4 rings (SSSR count). The first-order chi connectivity index (χ1) is 15.9. The van der Waals surface area contributed by atoms with E-state index in [1.165, 1.54) is 4.52 Å². The van der Waals surface area contributed by atoms with E-state index in [-0.39, 0.29) is 11.0 Å². The lowest BCUT2D eigenvalue weighted by molar-refractivity contribution is -0.0217. The van der Waals surface area contributed by atoms with Gasteiger partial charge < -0.3 is 39.1 Å². The van der Waals surface area contributed by atoms with Crippen LogP contribution in [0.1, 0.15) is 37.6 Å². The van der Waals surface area contributed by atoms with Gasteiger partial charge in [0, 0.05) is 19.2 Å². The van der Waals surface area contributed by atoms with Gasteiger partial charge in [0.05, 0.1) is 18.5 Å². The molecule has 2 aliphatic rings. The predicted molar refractivity (Wildman–Crippen MR) is 121 cm³/mol. The fourth-order valence-corrected chi connectivity index (χ4v) is 7.23. The standard InChI is InChI=1S/C18H27ClN4O9P2/c1-22(10-4-2-3-5-10)11-6-14(19)21-23-12(11)7-20-18(23)17-16(25)15(24)13(32-17)8-31-34(29,30)9-33(26,27)28/h6-7,10,13,15-17,24-25H,2-5,8-9H2,1H3,(H,29,30)(H2,26,27,28)/t13-,15-,16-,17-/m1/s1. The molecule has 0 bridgehead atoms. The summed E-state index contributed by atoms with van der Waals surface area (Å²) in [6.45, 7) is -0.685. The summed E-state index contributed by atoms with van der Waals surface area (Å²) in [7, 11) is -7.50. The maximum absolute atomic E-state index is 11.9. The van der Waals surface area contributed by atoms with Crippen LogP contribution in [0.5, 0.6) is 0 Å². The van der Waals surface area contributed by atoms with Crippen LogP contribution >= 0.6 is 26.8 Å². The summed E-state index contributed by atoms with van der Waals surface area (Å²) in [6.07, 6.45) is 0.541. The summed E-state index contributed by atoms with van der Waals surface area (Å²) < 4.78 is 34.8. The van der Waals surface area contributed by atoms with Gasteiger partial charge in [0.1, 0.15) is 29.9 Å². The van der Waals surface area contributed by atoms with Crippen molar-refractivity contribution in [2.75, 3.05) is 24.5 Å². The first kappa shape index (κ1) is 26.0. The average molecular weight is 541 g/mol. The Morgan fingerprint density at radius 2 is 1.91 bits per heavy atom. The minimum absolute atomic E-state index is 0.162. The van der Waals surface area contributed by atoms with Crippen LogP contribution in [0, 0.1) is 0 Å².